The van der Waals surface area contributed by atoms with E-state index >= 15 is 0 Å². The fourth-order valence-corrected chi connectivity index (χ4v) is 7.24. The van der Waals surface area contributed by atoms with E-state index in [2.05, 4.69) is 21.2 Å². The highest BCUT2D eigenvalue weighted by atomic mass is 79.9. The predicted molar refractivity (Wildman–Crippen MR) is 145 cm³/mol. The number of hydrogen-bond acceptors (Lipinski definition) is 6. The van der Waals surface area contributed by atoms with Gasteiger partial charge in [0.05, 0.1) is 28.3 Å². The van der Waals surface area contributed by atoms with Gasteiger partial charge in [-0.15, -0.1) is 0 Å². The van der Waals surface area contributed by atoms with Crippen molar-refractivity contribution in [3.63, 3.8) is 0 Å². The molecule has 1 fully saturated rings. The first kappa shape index (κ1) is 27.1. The zero-order valence-electron chi connectivity index (χ0n) is 20.0. The molecular weight excluding hydrogens is 582 g/mol. The molecule has 37 heavy (non-hydrogen) atoms. The van der Waals surface area contributed by atoms with E-state index in [9.17, 15) is 21.6 Å². The molecule has 1 aliphatic rings. The number of hydrogen-bond donors (Lipinski definition) is 1. The molecule has 1 amide bonds. The molecule has 12 heteroatoms. The summed E-state index contributed by atoms with van der Waals surface area (Å²) in [4.78, 5) is 13.2. The lowest BCUT2D eigenvalue weighted by Gasteiger charge is -2.24. The quantitative estimate of drug-likeness (QED) is 0.392. The minimum absolute atomic E-state index is 0.0205. The molecule has 9 nitrogen and oxygen atoms in total. The number of ether oxygens (including phenoxy) is 1. The summed E-state index contributed by atoms with van der Waals surface area (Å²) >= 11 is 3.33. The number of sulfonamides is 2. The van der Waals surface area contributed by atoms with Gasteiger partial charge in [0.25, 0.3) is 10.0 Å². The summed E-state index contributed by atoms with van der Waals surface area (Å²) in [6.07, 6.45) is 1.58. The highest BCUT2D eigenvalue weighted by Gasteiger charge is 2.30. The first-order valence-electron chi connectivity index (χ1n) is 11.4. The van der Waals surface area contributed by atoms with E-state index in [0.717, 1.165) is 21.6 Å². The number of nitrogens with zero attached hydrogens (tertiary/aromatic N) is 2. The number of carbonyl (C=O) groups is 1. The van der Waals surface area contributed by atoms with Crippen LogP contribution in [0.3, 0.4) is 0 Å². The Bertz CT molecular complexity index is 1470. The molecule has 0 radical (unpaired) electrons. The van der Waals surface area contributed by atoms with Crippen molar-refractivity contribution in [2.24, 2.45) is 0 Å². The second-order valence-electron chi connectivity index (χ2n) is 8.32. The zero-order valence-corrected chi connectivity index (χ0v) is 23.2. The summed E-state index contributed by atoms with van der Waals surface area (Å²) in [5, 5.41) is 2.64. The van der Waals surface area contributed by atoms with E-state index in [1.807, 2.05) is 0 Å². The van der Waals surface area contributed by atoms with Gasteiger partial charge >= 0.3 is 0 Å². The lowest BCUT2D eigenvalue weighted by molar-refractivity contribution is -0.114. The number of nitrogens with one attached hydrogen (secondary N) is 1. The van der Waals surface area contributed by atoms with Gasteiger partial charge in [0, 0.05) is 17.6 Å². The van der Waals surface area contributed by atoms with Gasteiger partial charge < -0.3 is 10.1 Å². The van der Waals surface area contributed by atoms with Crippen molar-refractivity contribution < 1.29 is 26.4 Å². The Morgan fingerprint density at radius 2 is 1.59 bits per heavy atom. The molecule has 3 aromatic carbocycles. The van der Waals surface area contributed by atoms with Gasteiger partial charge in [-0.3, -0.25) is 9.10 Å². The molecule has 196 valence electrons. The van der Waals surface area contributed by atoms with Gasteiger partial charge in [-0.1, -0.05) is 34.1 Å². The molecule has 0 bridgehead atoms. The second-order valence-corrected chi connectivity index (χ2v) is 13.0. The van der Waals surface area contributed by atoms with Crippen LogP contribution in [-0.2, 0) is 24.8 Å². The van der Waals surface area contributed by atoms with Crippen molar-refractivity contribution in [1.82, 2.24) is 4.31 Å². The van der Waals surface area contributed by atoms with Crippen molar-refractivity contribution in [2.75, 3.05) is 36.4 Å². The lowest BCUT2D eigenvalue weighted by atomic mass is 10.3. The number of anilines is 2. The van der Waals surface area contributed by atoms with Crippen LogP contribution in [0.4, 0.5) is 11.4 Å². The fraction of sp³-hybridized carbons (Fsp3) is 0.240. The monoisotopic (exact) mass is 607 g/mol. The highest BCUT2D eigenvalue weighted by molar-refractivity contribution is 9.10. The molecule has 1 N–H and O–H groups in total. The zero-order chi connectivity index (χ0) is 26.6. The van der Waals surface area contributed by atoms with Crippen LogP contribution in [0.15, 0.2) is 87.1 Å². The Kier molecular flexibility index (Phi) is 8.22. The molecule has 0 aliphatic carbocycles. The maximum Gasteiger partial charge on any atom is 0.264 e. The van der Waals surface area contributed by atoms with Crippen LogP contribution in [0, 0.1) is 0 Å². The van der Waals surface area contributed by atoms with Crippen LogP contribution in [0.5, 0.6) is 5.75 Å². The van der Waals surface area contributed by atoms with Crippen LogP contribution in [-0.4, -0.2) is 53.8 Å². The molecule has 1 aliphatic heterocycles. The molecule has 4 rings (SSSR count). The topological polar surface area (TPSA) is 113 Å². The van der Waals surface area contributed by atoms with E-state index < -0.39 is 32.5 Å². The normalized spacial score (nSPS) is 14.3. The minimum atomic E-state index is -4.09. The van der Waals surface area contributed by atoms with Crippen LogP contribution >= 0.6 is 15.9 Å². The Hall–Kier alpha value is -2.93. The molecular formula is C25H26BrN3O6S2. The smallest absolute Gasteiger partial charge is 0.264 e. The summed E-state index contributed by atoms with van der Waals surface area (Å²) < 4.78 is 61.5. The molecule has 0 spiro atoms. The van der Waals surface area contributed by atoms with E-state index in [0.29, 0.717) is 18.8 Å². The predicted octanol–water partition coefficient (Wildman–Crippen LogP) is 4.08. The van der Waals surface area contributed by atoms with Crippen LogP contribution in [0.2, 0.25) is 0 Å². The number of benzene rings is 3. The first-order chi connectivity index (χ1) is 17.6. The van der Waals surface area contributed by atoms with Crippen LogP contribution in [0.25, 0.3) is 0 Å². The molecule has 3 aromatic rings. The van der Waals surface area contributed by atoms with Gasteiger partial charge in [0.15, 0.2) is 0 Å². The van der Waals surface area contributed by atoms with Crippen molar-refractivity contribution >= 4 is 53.3 Å². The summed E-state index contributed by atoms with van der Waals surface area (Å²) in [6.45, 7) is 0.330. The summed E-state index contributed by atoms with van der Waals surface area (Å²) in [6, 6.07) is 18.6. The summed E-state index contributed by atoms with van der Waals surface area (Å²) in [5.41, 5.74) is 0.417. The maximum atomic E-state index is 13.5. The summed E-state index contributed by atoms with van der Waals surface area (Å²) in [7, 11) is -6.43. The van der Waals surface area contributed by atoms with Crippen molar-refractivity contribution in [2.45, 2.75) is 22.6 Å². The van der Waals surface area contributed by atoms with Gasteiger partial charge in [-0.2, -0.15) is 4.31 Å². The number of methoxy groups -OCH3 is 1. The largest absolute Gasteiger partial charge is 0.495 e. The third-order valence-corrected chi connectivity index (χ3v) is 10.1. The first-order valence-corrected chi connectivity index (χ1v) is 15.1. The average Bonchev–Trinajstić information content (AvgIpc) is 3.44. The molecule has 0 atom stereocenters. The van der Waals surface area contributed by atoms with Gasteiger partial charge in [-0.05, 0) is 67.4 Å². The standard InChI is InChI=1S/C25H26BrN3O6S2/c1-35-24-14-13-22(36(31,32)28-15-5-6-16-28)17-23(24)27-25(30)18-29(20-11-9-19(26)10-12-20)37(33,34)21-7-3-2-4-8-21/h2-4,7-14,17H,5-6,15-16,18H2,1H3,(H,27,30). The molecule has 1 saturated heterocycles. The maximum absolute atomic E-state index is 13.5. The van der Waals surface area contributed by atoms with Gasteiger partial charge in [-0.25, -0.2) is 16.8 Å². The fourth-order valence-electron chi connectivity index (χ4n) is 3.99. The van der Waals surface area contributed by atoms with E-state index in [4.69, 9.17) is 4.74 Å². The molecule has 0 aromatic heterocycles. The Balaban J connectivity index is 1.65. The number of halogens is 1. The average molecular weight is 609 g/mol. The van der Waals surface area contributed by atoms with Crippen molar-refractivity contribution in [3.8, 4) is 5.75 Å². The Labute approximate surface area is 225 Å². The highest BCUT2D eigenvalue weighted by Crippen LogP contribution is 2.31. The van der Waals surface area contributed by atoms with Crippen molar-refractivity contribution in [1.29, 1.82) is 0 Å². The molecule has 0 saturated carbocycles. The molecule has 0 unspecified atom stereocenters. The second kappa shape index (κ2) is 11.2. The minimum Gasteiger partial charge on any atom is -0.495 e. The van der Waals surface area contributed by atoms with E-state index in [1.54, 1.807) is 42.5 Å². The summed E-state index contributed by atoms with van der Waals surface area (Å²) in [5.74, 6) is -0.425. The third-order valence-electron chi connectivity index (χ3n) is 5.88. The Morgan fingerprint density at radius 1 is 0.946 bits per heavy atom. The number of rotatable bonds is 9. The van der Waals surface area contributed by atoms with E-state index in [-0.39, 0.29) is 21.2 Å². The van der Waals surface area contributed by atoms with Gasteiger partial charge in [0.1, 0.15) is 12.3 Å². The lowest BCUT2D eigenvalue weighted by Crippen LogP contribution is -2.38. The third kappa shape index (κ3) is 5.98. The number of amides is 1. The van der Waals surface area contributed by atoms with Crippen molar-refractivity contribution in [3.05, 3.63) is 77.3 Å². The van der Waals surface area contributed by atoms with Crippen LogP contribution < -0.4 is 14.4 Å². The van der Waals surface area contributed by atoms with Gasteiger partial charge in [0.2, 0.25) is 15.9 Å². The molecule has 1 heterocycles. The van der Waals surface area contributed by atoms with E-state index in [1.165, 1.54) is 41.7 Å². The number of carbonyl (C=O) groups excluding carboxylic acids is 1. The Morgan fingerprint density at radius 3 is 2.22 bits per heavy atom. The van der Waals surface area contributed by atoms with Crippen LogP contribution in [0.1, 0.15) is 12.8 Å². The SMILES string of the molecule is COc1ccc(S(=O)(=O)N2CCCC2)cc1NC(=O)CN(c1ccc(Br)cc1)S(=O)(=O)c1ccccc1.